The Morgan fingerprint density at radius 2 is 2.11 bits per heavy atom. The monoisotopic (exact) mass is 282 g/mol. The summed E-state index contributed by atoms with van der Waals surface area (Å²) in [7, 11) is -3.00. The van der Waals surface area contributed by atoms with Gasteiger partial charge in [0.2, 0.25) is 0 Å². The summed E-state index contributed by atoms with van der Waals surface area (Å²) in [5.41, 5.74) is 1.56. The van der Waals surface area contributed by atoms with E-state index in [0.717, 1.165) is 11.1 Å². The predicted molar refractivity (Wildman–Crippen MR) is 73.0 cm³/mol. The second-order valence-corrected chi connectivity index (χ2v) is 7.49. The molecule has 1 N–H and O–H groups in total. The first-order chi connectivity index (χ1) is 8.92. The third-order valence-corrected chi connectivity index (χ3v) is 6.08. The van der Waals surface area contributed by atoms with E-state index >= 15 is 0 Å². The fourth-order valence-electron chi connectivity index (χ4n) is 2.61. The van der Waals surface area contributed by atoms with Crippen LogP contribution in [0.3, 0.4) is 0 Å². The van der Waals surface area contributed by atoms with E-state index in [1.807, 2.05) is 12.1 Å². The molecule has 1 aliphatic rings. The quantitative estimate of drug-likeness (QED) is 0.916. The van der Waals surface area contributed by atoms with Gasteiger partial charge in [0.15, 0.2) is 9.84 Å². The number of carbonyl (C=O) groups is 1. The molecule has 1 saturated heterocycles. The maximum Gasteiger partial charge on any atom is 0.310 e. The van der Waals surface area contributed by atoms with E-state index in [-0.39, 0.29) is 11.0 Å². The molecule has 0 radical (unpaired) electrons. The third-order valence-electron chi connectivity index (χ3n) is 3.80. The Kier molecular flexibility index (Phi) is 3.94. The van der Waals surface area contributed by atoms with Gasteiger partial charge in [0.05, 0.1) is 16.9 Å². The van der Waals surface area contributed by atoms with Crippen molar-refractivity contribution in [3.63, 3.8) is 0 Å². The molecule has 2 rings (SSSR count). The lowest BCUT2D eigenvalue weighted by Crippen LogP contribution is -2.20. The van der Waals surface area contributed by atoms with Crippen LogP contribution in [0.15, 0.2) is 24.3 Å². The molecule has 0 spiro atoms. The zero-order chi connectivity index (χ0) is 14.0. The molecule has 0 amide bonds. The average Bonchev–Trinajstić information content (AvgIpc) is 2.68. The van der Waals surface area contributed by atoms with Crippen molar-refractivity contribution < 1.29 is 18.3 Å². The topological polar surface area (TPSA) is 71.4 Å². The number of hydrogen-bond acceptors (Lipinski definition) is 3. The molecular weight excluding hydrogens is 264 g/mol. The second-order valence-electron chi connectivity index (χ2n) is 5.09. The Bertz CT molecular complexity index is 577. The summed E-state index contributed by atoms with van der Waals surface area (Å²) in [5, 5.41) is 8.75. The summed E-state index contributed by atoms with van der Waals surface area (Å²) in [6, 6.07) is 7.23. The van der Waals surface area contributed by atoms with Crippen LogP contribution in [0, 0.1) is 0 Å². The van der Waals surface area contributed by atoms with E-state index in [9.17, 15) is 13.2 Å². The van der Waals surface area contributed by atoms with Gasteiger partial charge in [-0.05, 0) is 37.3 Å². The molecule has 2 atom stereocenters. The summed E-state index contributed by atoms with van der Waals surface area (Å²) < 4.78 is 23.7. The van der Waals surface area contributed by atoms with Crippen molar-refractivity contribution in [2.75, 3.05) is 5.75 Å². The fraction of sp³-hybridized carbons (Fsp3) is 0.500. The molecule has 1 fully saturated rings. The van der Waals surface area contributed by atoms with E-state index in [2.05, 4.69) is 0 Å². The first kappa shape index (κ1) is 14.1. The number of carboxylic acid groups (broad SMARTS) is 1. The molecule has 104 valence electrons. The van der Waals surface area contributed by atoms with Gasteiger partial charge in [0.1, 0.15) is 0 Å². The third kappa shape index (κ3) is 2.97. The number of carboxylic acids is 1. The fourth-order valence-corrected chi connectivity index (χ4v) is 4.47. The highest BCUT2D eigenvalue weighted by Gasteiger charge is 2.32. The van der Waals surface area contributed by atoms with Crippen molar-refractivity contribution >= 4 is 15.8 Å². The van der Waals surface area contributed by atoms with Gasteiger partial charge in [0, 0.05) is 0 Å². The summed E-state index contributed by atoms with van der Waals surface area (Å²) in [6.45, 7) is 1.63. The van der Waals surface area contributed by atoms with Gasteiger partial charge in [-0.2, -0.15) is 0 Å². The Labute approximate surface area is 113 Å². The van der Waals surface area contributed by atoms with Crippen LogP contribution in [0.1, 0.15) is 36.8 Å². The molecular formula is C14H18O4S. The second kappa shape index (κ2) is 5.33. The Morgan fingerprint density at radius 3 is 2.68 bits per heavy atom. The molecule has 0 aliphatic carbocycles. The van der Waals surface area contributed by atoms with Crippen LogP contribution in [-0.4, -0.2) is 30.5 Å². The maximum absolute atomic E-state index is 11.9. The highest BCUT2D eigenvalue weighted by atomic mass is 32.2. The van der Waals surface area contributed by atoms with E-state index in [1.54, 1.807) is 19.1 Å². The Morgan fingerprint density at radius 1 is 1.42 bits per heavy atom. The van der Waals surface area contributed by atoms with Crippen LogP contribution < -0.4 is 0 Å². The van der Waals surface area contributed by atoms with Crippen molar-refractivity contribution in [2.24, 2.45) is 0 Å². The van der Waals surface area contributed by atoms with Crippen LogP contribution in [0.25, 0.3) is 0 Å². The van der Waals surface area contributed by atoms with Gasteiger partial charge in [0.25, 0.3) is 0 Å². The highest BCUT2D eigenvalue weighted by molar-refractivity contribution is 7.92. The van der Waals surface area contributed by atoms with E-state index in [4.69, 9.17) is 5.11 Å². The van der Waals surface area contributed by atoms with Gasteiger partial charge in [-0.25, -0.2) is 8.42 Å². The minimum Gasteiger partial charge on any atom is -0.481 e. The molecule has 4 nitrogen and oxygen atoms in total. The Balaban J connectivity index is 2.28. The minimum atomic E-state index is -3.00. The molecule has 19 heavy (non-hydrogen) atoms. The standard InChI is InChI=1S/C14H18O4S/c1-10(14(15)16)13-7-3-2-5-11(13)9-12-6-4-8-19(12,17)18/h2-3,5,7,10,12H,4,6,8-9H2,1H3,(H,15,16). The van der Waals surface area contributed by atoms with Crippen LogP contribution in [0.5, 0.6) is 0 Å². The number of rotatable bonds is 4. The van der Waals surface area contributed by atoms with Gasteiger partial charge >= 0.3 is 5.97 Å². The van der Waals surface area contributed by atoms with Gasteiger partial charge in [-0.15, -0.1) is 0 Å². The molecule has 0 bridgehead atoms. The van der Waals surface area contributed by atoms with Crippen molar-refractivity contribution in [3.8, 4) is 0 Å². The van der Waals surface area contributed by atoms with Crippen molar-refractivity contribution in [1.82, 2.24) is 0 Å². The molecule has 5 heteroatoms. The van der Waals surface area contributed by atoms with E-state index in [0.29, 0.717) is 19.3 Å². The first-order valence-corrected chi connectivity index (χ1v) is 8.15. The SMILES string of the molecule is CC(C(=O)O)c1ccccc1CC1CCCS1(=O)=O. The highest BCUT2D eigenvalue weighted by Crippen LogP contribution is 2.27. The van der Waals surface area contributed by atoms with Crippen LogP contribution in [0.2, 0.25) is 0 Å². The largest absolute Gasteiger partial charge is 0.481 e. The predicted octanol–water partition coefficient (Wildman–Crippen LogP) is 1.99. The number of benzene rings is 1. The average molecular weight is 282 g/mol. The van der Waals surface area contributed by atoms with Crippen LogP contribution >= 0.6 is 0 Å². The Hall–Kier alpha value is -1.36. The molecule has 1 aliphatic heterocycles. The van der Waals surface area contributed by atoms with Crippen LogP contribution in [0.4, 0.5) is 0 Å². The van der Waals surface area contributed by atoms with E-state index in [1.165, 1.54) is 0 Å². The van der Waals surface area contributed by atoms with Crippen molar-refractivity contribution in [1.29, 1.82) is 0 Å². The number of hydrogen-bond donors (Lipinski definition) is 1. The maximum atomic E-state index is 11.9. The van der Waals surface area contributed by atoms with Gasteiger partial charge < -0.3 is 5.11 Å². The number of aliphatic carboxylic acids is 1. The minimum absolute atomic E-state index is 0.258. The zero-order valence-electron chi connectivity index (χ0n) is 10.9. The lowest BCUT2D eigenvalue weighted by Gasteiger charge is -2.16. The van der Waals surface area contributed by atoms with Gasteiger partial charge in [-0.1, -0.05) is 24.3 Å². The van der Waals surface area contributed by atoms with Gasteiger partial charge in [-0.3, -0.25) is 4.79 Å². The number of sulfone groups is 1. The van der Waals surface area contributed by atoms with Crippen molar-refractivity contribution in [2.45, 2.75) is 37.4 Å². The smallest absolute Gasteiger partial charge is 0.310 e. The molecule has 2 unspecified atom stereocenters. The summed E-state index contributed by atoms with van der Waals surface area (Å²) in [5.74, 6) is -1.24. The molecule has 1 aromatic rings. The van der Waals surface area contributed by atoms with Crippen LogP contribution in [-0.2, 0) is 21.1 Å². The molecule has 0 aromatic heterocycles. The summed E-state index contributed by atoms with van der Waals surface area (Å²) in [4.78, 5) is 11.1. The lowest BCUT2D eigenvalue weighted by atomic mass is 9.93. The molecule has 1 heterocycles. The summed E-state index contributed by atoms with van der Waals surface area (Å²) in [6.07, 6.45) is 1.82. The molecule has 0 saturated carbocycles. The van der Waals surface area contributed by atoms with Crippen molar-refractivity contribution in [3.05, 3.63) is 35.4 Å². The summed E-state index contributed by atoms with van der Waals surface area (Å²) >= 11 is 0. The zero-order valence-corrected chi connectivity index (χ0v) is 11.7. The lowest BCUT2D eigenvalue weighted by molar-refractivity contribution is -0.138. The van der Waals surface area contributed by atoms with E-state index < -0.39 is 21.7 Å². The first-order valence-electron chi connectivity index (χ1n) is 6.44. The molecule has 1 aromatic carbocycles. The normalized spacial score (nSPS) is 23.1.